The van der Waals surface area contributed by atoms with Crippen LogP contribution in [-0.2, 0) is 4.79 Å². The van der Waals surface area contributed by atoms with E-state index in [9.17, 15) is 4.79 Å². The summed E-state index contributed by atoms with van der Waals surface area (Å²) in [6.07, 6.45) is 6.04. The summed E-state index contributed by atoms with van der Waals surface area (Å²) in [6.45, 7) is 2.93. The summed E-state index contributed by atoms with van der Waals surface area (Å²) < 4.78 is 0. The minimum absolute atomic E-state index is 0.202. The Bertz CT molecular complexity index is 193. The molecule has 0 atom stereocenters. The number of carbonyl (C=O) groups is 1. The van der Waals surface area contributed by atoms with Crippen LogP contribution in [0.4, 0.5) is 0 Å². The van der Waals surface area contributed by atoms with Crippen molar-refractivity contribution < 1.29 is 4.79 Å². The summed E-state index contributed by atoms with van der Waals surface area (Å²) in [6, 6.07) is 0. The fraction of sp³-hybridized carbons (Fsp3) is 0.700. The highest BCUT2D eigenvalue weighted by Gasteiger charge is 1.93. The van der Waals surface area contributed by atoms with E-state index < -0.39 is 0 Å². The molecule has 0 saturated heterocycles. The summed E-state index contributed by atoms with van der Waals surface area (Å²) >= 11 is 2.87. The first-order valence-electron chi connectivity index (χ1n) is 4.70. The Kier molecular flexibility index (Phi) is 9.24. The van der Waals surface area contributed by atoms with Crippen LogP contribution in [0.15, 0.2) is 0 Å². The van der Waals surface area contributed by atoms with Gasteiger partial charge in [0.1, 0.15) is 0 Å². The van der Waals surface area contributed by atoms with E-state index in [0.717, 1.165) is 13.0 Å². The van der Waals surface area contributed by atoms with E-state index in [1.807, 2.05) is 0 Å². The molecule has 13 heavy (non-hydrogen) atoms. The standard InChI is InChI=1S/C10H16BrNO/c1-2-3-4-5-6-9-12-10(13)7-8-11/h2-6,9H2,1H3,(H,12,13). The average Bonchev–Trinajstić information content (AvgIpc) is 2.11. The number of rotatable bonds is 6. The maximum Gasteiger partial charge on any atom is 0.296 e. The summed E-state index contributed by atoms with van der Waals surface area (Å²) in [5.74, 6) is 2.16. The number of halogens is 1. The largest absolute Gasteiger partial charge is 0.345 e. The molecule has 0 aliphatic heterocycles. The minimum Gasteiger partial charge on any atom is -0.345 e. The first-order valence-corrected chi connectivity index (χ1v) is 5.50. The molecule has 0 aliphatic carbocycles. The highest BCUT2D eigenvalue weighted by atomic mass is 79.9. The first-order chi connectivity index (χ1) is 6.31. The first kappa shape index (κ1) is 12.5. The summed E-state index contributed by atoms with van der Waals surface area (Å²) in [4.78, 5) is 13.2. The van der Waals surface area contributed by atoms with Crippen LogP contribution < -0.4 is 5.32 Å². The normalized spacial score (nSPS) is 8.77. The van der Waals surface area contributed by atoms with Crippen molar-refractivity contribution in [3.8, 4) is 10.8 Å². The molecule has 0 fully saturated rings. The molecule has 0 aromatic rings. The van der Waals surface area contributed by atoms with Gasteiger partial charge in [-0.1, -0.05) is 32.6 Å². The summed E-state index contributed by atoms with van der Waals surface area (Å²) in [5.41, 5.74) is 0. The molecule has 0 saturated carbocycles. The van der Waals surface area contributed by atoms with E-state index in [-0.39, 0.29) is 5.91 Å². The third-order valence-corrected chi connectivity index (χ3v) is 1.92. The highest BCUT2D eigenvalue weighted by molar-refractivity contribution is 9.12. The maximum absolute atomic E-state index is 10.8. The number of nitrogens with one attached hydrogen (secondary N) is 1. The van der Waals surface area contributed by atoms with Gasteiger partial charge in [0, 0.05) is 28.4 Å². The van der Waals surface area contributed by atoms with Gasteiger partial charge in [0.25, 0.3) is 5.91 Å². The molecular weight excluding hydrogens is 230 g/mol. The molecule has 0 aliphatic rings. The van der Waals surface area contributed by atoms with Crippen LogP contribution in [0.1, 0.15) is 39.0 Å². The van der Waals surface area contributed by atoms with Crippen molar-refractivity contribution in [3.63, 3.8) is 0 Å². The van der Waals surface area contributed by atoms with Crippen LogP contribution in [0.3, 0.4) is 0 Å². The molecule has 1 N–H and O–H groups in total. The van der Waals surface area contributed by atoms with Crippen molar-refractivity contribution in [1.82, 2.24) is 5.32 Å². The van der Waals surface area contributed by atoms with Crippen LogP contribution >= 0.6 is 15.9 Å². The second-order valence-corrected chi connectivity index (χ2v) is 3.29. The smallest absolute Gasteiger partial charge is 0.296 e. The lowest BCUT2D eigenvalue weighted by molar-refractivity contribution is -0.115. The Morgan fingerprint density at radius 1 is 1.31 bits per heavy atom. The van der Waals surface area contributed by atoms with Gasteiger partial charge < -0.3 is 5.32 Å². The Balaban J connectivity index is 3.14. The molecule has 0 radical (unpaired) electrons. The van der Waals surface area contributed by atoms with Crippen molar-refractivity contribution >= 4 is 21.8 Å². The summed E-state index contributed by atoms with van der Waals surface area (Å²) in [5, 5.41) is 2.72. The topological polar surface area (TPSA) is 29.1 Å². The molecular formula is C10H16BrNO. The van der Waals surface area contributed by atoms with Crippen molar-refractivity contribution in [2.24, 2.45) is 0 Å². The highest BCUT2D eigenvalue weighted by Crippen LogP contribution is 2.00. The van der Waals surface area contributed by atoms with E-state index in [1.54, 1.807) is 0 Å². The molecule has 74 valence electrons. The quantitative estimate of drug-likeness (QED) is 0.566. The molecule has 3 heteroatoms. The Morgan fingerprint density at radius 2 is 2.00 bits per heavy atom. The summed E-state index contributed by atoms with van der Waals surface area (Å²) in [7, 11) is 0. The second-order valence-electron chi connectivity index (χ2n) is 2.89. The van der Waals surface area contributed by atoms with Crippen LogP contribution in [0.25, 0.3) is 0 Å². The molecule has 0 heterocycles. The van der Waals surface area contributed by atoms with Gasteiger partial charge in [-0.05, 0) is 11.3 Å². The predicted octanol–water partition coefficient (Wildman–Crippen LogP) is 2.43. The fourth-order valence-corrected chi connectivity index (χ4v) is 1.20. The van der Waals surface area contributed by atoms with E-state index in [0.29, 0.717) is 0 Å². The third-order valence-electron chi connectivity index (χ3n) is 1.73. The van der Waals surface area contributed by atoms with Gasteiger partial charge in [-0.3, -0.25) is 4.79 Å². The zero-order chi connectivity index (χ0) is 9.94. The lowest BCUT2D eigenvalue weighted by Crippen LogP contribution is -2.22. The van der Waals surface area contributed by atoms with Crippen LogP contribution in [-0.4, -0.2) is 12.5 Å². The Hall–Kier alpha value is -0.490. The van der Waals surface area contributed by atoms with Gasteiger partial charge in [0.05, 0.1) is 0 Å². The molecule has 0 aromatic heterocycles. The number of amides is 1. The van der Waals surface area contributed by atoms with Crippen LogP contribution in [0, 0.1) is 10.8 Å². The maximum atomic E-state index is 10.8. The van der Waals surface area contributed by atoms with E-state index in [2.05, 4.69) is 38.9 Å². The van der Waals surface area contributed by atoms with Gasteiger partial charge in [0.2, 0.25) is 0 Å². The van der Waals surface area contributed by atoms with Crippen molar-refractivity contribution in [3.05, 3.63) is 0 Å². The lowest BCUT2D eigenvalue weighted by Gasteiger charge is -2.00. The molecule has 1 amide bonds. The molecule has 0 unspecified atom stereocenters. The molecule has 0 spiro atoms. The van der Waals surface area contributed by atoms with Gasteiger partial charge >= 0.3 is 0 Å². The van der Waals surface area contributed by atoms with Gasteiger partial charge in [-0.15, -0.1) is 0 Å². The average molecular weight is 246 g/mol. The molecule has 0 aromatic carbocycles. The minimum atomic E-state index is -0.202. The molecule has 0 rings (SSSR count). The van der Waals surface area contributed by atoms with Crippen molar-refractivity contribution in [2.75, 3.05) is 6.54 Å². The molecule has 0 bridgehead atoms. The lowest BCUT2D eigenvalue weighted by atomic mass is 10.1. The molecule has 2 nitrogen and oxygen atoms in total. The van der Waals surface area contributed by atoms with Crippen LogP contribution in [0.2, 0.25) is 0 Å². The van der Waals surface area contributed by atoms with Gasteiger partial charge in [-0.2, -0.15) is 0 Å². The monoisotopic (exact) mass is 245 g/mol. The predicted molar refractivity (Wildman–Crippen MR) is 58.5 cm³/mol. The van der Waals surface area contributed by atoms with Gasteiger partial charge in [-0.25, -0.2) is 0 Å². The van der Waals surface area contributed by atoms with Gasteiger partial charge in [0.15, 0.2) is 0 Å². The van der Waals surface area contributed by atoms with Crippen LogP contribution in [0.5, 0.6) is 0 Å². The van der Waals surface area contributed by atoms with Crippen molar-refractivity contribution in [1.29, 1.82) is 0 Å². The van der Waals surface area contributed by atoms with E-state index in [4.69, 9.17) is 0 Å². The number of hydrogen-bond donors (Lipinski definition) is 1. The SMILES string of the molecule is CCCCCCCNC(=O)C#CBr. The fourth-order valence-electron chi connectivity index (χ4n) is 1.02. The number of hydrogen-bond acceptors (Lipinski definition) is 1. The van der Waals surface area contributed by atoms with E-state index >= 15 is 0 Å². The third kappa shape index (κ3) is 9.42. The zero-order valence-corrected chi connectivity index (χ0v) is 9.61. The number of unbranched alkanes of at least 4 members (excludes halogenated alkanes) is 4. The Labute approximate surface area is 88.6 Å². The number of carbonyl (C=O) groups excluding carboxylic acids is 1. The second kappa shape index (κ2) is 9.60. The Morgan fingerprint density at radius 3 is 2.62 bits per heavy atom. The van der Waals surface area contributed by atoms with Crippen molar-refractivity contribution in [2.45, 2.75) is 39.0 Å². The van der Waals surface area contributed by atoms with E-state index in [1.165, 1.54) is 25.7 Å². The zero-order valence-electron chi connectivity index (χ0n) is 8.03.